The lowest BCUT2D eigenvalue weighted by Gasteiger charge is -2.24. The molecule has 1 fully saturated rings. The number of benzene rings is 1. The van der Waals surface area contributed by atoms with Crippen molar-refractivity contribution in [1.29, 1.82) is 0 Å². The zero-order chi connectivity index (χ0) is 11.4. The molecule has 0 atom stereocenters. The number of rotatable bonds is 3. The molecule has 0 aromatic heterocycles. The second-order valence-corrected chi connectivity index (χ2v) is 4.45. The summed E-state index contributed by atoms with van der Waals surface area (Å²) in [6.45, 7) is 1.96. The van der Waals surface area contributed by atoms with Gasteiger partial charge in [0, 0.05) is 5.56 Å². The molecule has 0 unspecified atom stereocenters. The molecular weight excluding hydrogens is 203 g/mol. The summed E-state index contributed by atoms with van der Waals surface area (Å²) in [5, 5.41) is 0. The average Bonchev–Trinajstić information content (AvgIpc) is 2.31. The smallest absolute Gasteiger partial charge is 0.130 e. The molecule has 0 radical (unpaired) electrons. The van der Waals surface area contributed by atoms with Crippen molar-refractivity contribution in [1.82, 2.24) is 0 Å². The van der Waals surface area contributed by atoms with Crippen molar-refractivity contribution in [3.63, 3.8) is 0 Å². The first-order chi connectivity index (χ1) is 7.81. The third kappa shape index (κ3) is 2.55. The minimum Gasteiger partial charge on any atom is -0.490 e. The first-order valence-electron chi connectivity index (χ1n) is 6.25. The lowest BCUT2D eigenvalue weighted by molar-refractivity contribution is 0.153. The van der Waals surface area contributed by atoms with Gasteiger partial charge in [0.15, 0.2) is 0 Å². The molecule has 0 N–H and O–H groups in total. The Morgan fingerprint density at radius 3 is 2.69 bits per heavy atom. The van der Waals surface area contributed by atoms with Crippen molar-refractivity contribution in [2.24, 2.45) is 0 Å². The lowest BCUT2D eigenvalue weighted by atomic mass is 9.97. The van der Waals surface area contributed by atoms with Crippen LogP contribution in [-0.2, 0) is 6.42 Å². The summed E-state index contributed by atoms with van der Waals surface area (Å²) in [4.78, 5) is 0. The van der Waals surface area contributed by atoms with E-state index in [-0.39, 0.29) is 5.82 Å². The SMILES string of the molecule is CCc1c(F)cccc1OC1CCCCC1. The molecule has 1 aliphatic carbocycles. The number of hydrogen-bond acceptors (Lipinski definition) is 1. The molecule has 0 saturated heterocycles. The van der Waals surface area contributed by atoms with Crippen molar-refractivity contribution in [2.45, 2.75) is 51.6 Å². The van der Waals surface area contributed by atoms with E-state index < -0.39 is 0 Å². The minimum atomic E-state index is -0.143. The maximum absolute atomic E-state index is 13.5. The van der Waals surface area contributed by atoms with E-state index in [0.29, 0.717) is 18.1 Å². The average molecular weight is 222 g/mol. The first kappa shape index (κ1) is 11.4. The van der Waals surface area contributed by atoms with Gasteiger partial charge in [-0.3, -0.25) is 0 Å². The number of halogens is 1. The van der Waals surface area contributed by atoms with Crippen molar-refractivity contribution in [2.75, 3.05) is 0 Å². The van der Waals surface area contributed by atoms with E-state index in [2.05, 4.69) is 0 Å². The molecule has 1 nitrogen and oxygen atoms in total. The van der Waals surface area contributed by atoms with Crippen LogP contribution in [0, 0.1) is 5.82 Å². The van der Waals surface area contributed by atoms with Crippen molar-refractivity contribution in [3.05, 3.63) is 29.6 Å². The molecule has 0 bridgehead atoms. The summed E-state index contributed by atoms with van der Waals surface area (Å²) in [6.07, 6.45) is 6.99. The molecule has 88 valence electrons. The third-order valence-corrected chi connectivity index (χ3v) is 3.28. The first-order valence-corrected chi connectivity index (χ1v) is 6.25. The van der Waals surface area contributed by atoms with E-state index in [9.17, 15) is 4.39 Å². The molecular formula is C14H19FO. The van der Waals surface area contributed by atoms with Gasteiger partial charge in [-0.05, 0) is 44.2 Å². The van der Waals surface area contributed by atoms with Crippen LogP contribution in [0.4, 0.5) is 4.39 Å². The van der Waals surface area contributed by atoms with Gasteiger partial charge in [0.05, 0.1) is 6.10 Å². The van der Waals surface area contributed by atoms with Gasteiger partial charge in [0.25, 0.3) is 0 Å². The molecule has 16 heavy (non-hydrogen) atoms. The third-order valence-electron chi connectivity index (χ3n) is 3.28. The van der Waals surface area contributed by atoms with Gasteiger partial charge in [-0.2, -0.15) is 0 Å². The van der Waals surface area contributed by atoms with Crippen molar-refractivity contribution >= 4 is 0 Å². The van der Waals surface area contributed by atoms with Gasteiger partial charge >= 0.3 is 0 Å². The number of hydrogen-bond donors (Lipinski definition) is 0. The standard InChI is InChI=1S/C14H19FO/c1-2-12-13(15)9-6-10-14(12)16-11-7-4-3-5-8-11/h6,9-11H,2-5,7-8H2,1H3. The summed E-state index contributed by atoms with van der Waals surface area (Å²) >= 11 is 0. The van der Waals surface area contributed by atoms with Crippen LogP contribution in [0.5, 0.6) is 5.75 Å². The normalized spacial score (nSPS) is 17.4. The predicted octanol–water partition coefficient (Wildman–Crippen LogP) is 4.10. The van der Waals surface area contributed by atoms with E-state index in [1.165, 1.54) is 25.3 Å². The molecule has 1 aliphatic rings. The van der Waals surface area contributed by atoms with Crippen LogP contribution in [-0.4, -0.2) is 6.10 Å². The predicted molar refractivity (Wildman–Crippen MR) is 63.3 cm³/mol. The van der Waals surface area contributed by atoms with Crippen LogP contribution < -0.4 is 4.74 Å². The Kier molecular flexibility index (Phi) is 3.81. The largest absolute Gasteiger partial charge is 0.490 e. The van der Waals surface area contributed by atoms with E-state index in [4.69, 9.17) is 4.74 Å². The van der Waals surface area contributed by atoms with Gasteiger partial charge in [0.2, 0.25) is 0 Å². The highest BCUT2D eigenvalue weighted by Gasteiger charge is 2.17. The summed E-state index contributed by atoms with van der Waals surface area (Å²) in [6, 6.07) is 5.12. The Morgan fingerprint density at radius 2 is 2.00 bits per heavy atom. The Hall–Kier alpha value is -1.05. The van der Waals surface area contributed by atoms with Crippen LogP contribution in [0.25, 0.3) is 0 Å². The summed E-state index contributed by atoms with van der Waals surface area (Å²) < 4.78 is 19.4. The fraction of sp³-hybridized carbons (Fsp3) is 0.571. The highest BCUT2D eigenvalue weighted by Crippen LogP contribution is 2.27. The second-order valence-electron chi connectivity index (χ2n) is 4.45. The fourth-order valence-corrected chi connectivity index (χ4v) is 2.35. The Morgan fingerprint density at radius 1 is 1.25 bits per heavy atom. The maximum Gasteiger partial charge on any atom is 0.130 e. The van der Waals surface area contributed by atoms with Crippen LogP contribution in [0.15, 0.2) is 18.2 Å². The van der Waals surface area contributed by atoms with E-state index in [1.807, 2.05) is 13.0 Å². The quantitative estimate of drug-likeness (QED) is 0.748. The zero-order valence-electron chi connectivity index (χ0n) is 9.84. The molecule has 1 saturated carbocycles. The van der Waals surface area contributed by atoms with Crippen LogP contribution in [0.2, 0.25) is 0 Å². The van der Waals surface area contributed by atoms with Crippen molar-refractivity contribution < 1.29 is 9.13 Å². The van der Waals surface area contributed by atoms with Gasteiger partial charge in [-0.15, -0.1) is 0 Å². The Balaban J connectivity index is 2.10. The molecule has 1 aromatic rings. The Labute approximate surface area is 96.6 Å². The maximum atomic E-state index is 13.5. The van der Waals surface area contributed by atoms with Crippen LogP contribution >= 0.6 is 0 Å². The van der Waals surface area contributed by atoms with Gasteiger partial charge in [-0.25, -0.2) is 4.39 Å². The van der Waals surface area contributed by atoms with Crippen molar-refractivity contribution in [3.8, 4) is 5.75 Å². The molecule has 0 spiro atoms. The van der Waals surface area contributed by atoms with Gasteiger partial charge in [-0.1, -0.05) is 19.4 Å². The Bertz CT molecular complexity index is 343. The summed E-state index contributed by atoms with van der Waals surface area (Å²) in [5.41, 5.74) is 0.716. The monoisotopic (exact) mass is 222 g/mol. The molecule has 2 heteroatoms. The number of ether oxygens (including phenoxy) is 1. The highest BCUT2D eigenvalue weighted by molar-refractivity contribution is 5.34. The van der Waals surface area contributed by atoms with Gasteiger partial charge < -0.3 is 4.74 Å². The van der Waals surface area contributed by atoms with E-state index in [0.717, 1.165) is 18.6 Å². The second kappa shape index (κ2) is 5.33. The topological polar surface area (TPSA) is 9.23 Å². The minimum absolute atomic E-state index is 0.143. The molecule has 0 aliphatic heterocycles. The lowest BCUT2D eigenvalue weighted by Crippen LogP contribution is -2.20. The molecule has 1 aromatic carbocycles. The summed E-state index contributed by atoms with van der Waals surface area (Å²) in [7, 11) is 0. The van der Waals surface area contributed by atoms with E-state index >= 15 is 0 Å². The zero-order valence-corrected chi connectivity index (χ0v) is 9.84. The van der Waals surface area contributed by atoms with Crippen LogP contribution in [0.1, 0.15) is 44.6 Å². The fourth-order valence-electron chi connectivity index (χ4n) is 2.35. The highest BCUT2D eigenvalue weighted by atomic mass is 19.1. The van der Waals surface area contributed by atoms with Gasteiger partial charge in [0.1, 0.15) is 11.6 Å². The molecule has 0 amide bonds. The molecule has 0 heterocycles. The van der Waals surface area contributed by atoms with E-state index in [1.54, 1.807) is 6.07 Å². The van der Waals surface area contributed by atoms with Crippen LogP contribution in [0.3, 0.4) is 0 Å². The molecule has 2 rings (SSSR count). The summed E-state index contributed by atoms with van der Waals surface area (Å²) in [5.74, 6) is 0.602.